The molecule has 4 aromatic carbocycles. The van der Waals surface area contributed by atoms with Gasteiger partial charge in [-0.3, -0.25) is 37.8 Å². The number of pyridine rings is 2. The molecule has 2 aliphatic rings. The van der Waals surface area contributed by atoms with Gasteiger partial charge in [0.15, 0.2) is 0 Å². The Morgan fingerprint density at radius 1 is 0.593 bits per heavy atom. The van der Waals surface area contributed by atoms with Crippen LogP contribution < -0.4 is 40.7 Å². The Morgan fingerprint density at radius 3 is 1.28 bits per heavy atom. The summed E-state index contributed by atoms with van der Waals surface area (Å²) in [6.07, 6.45) is 4.57. The topological polar surface area (TPSA) is 265 Å². The van der Waals surface area contributed by atoms with Crippen molar-refractivity contribution in [1.82, 2.24) is 39.7 Å². The van der Waals surface area contributed by atoms with E-state index in [2.05, 4.69) is 40.0 Å². The number of hydrogen-bond donors (Lipinski definition) is 4. The van der Waals surface area contributed by atoms with Crippen LogP contribution in [0.5, 0.6) is 11.8 Å². The van der Waals surface area contributed by atoms with E-state index >= 15 is 0 Å². The fourth-order valence-electron chi connectivity index (χ4n) is 8.54. The SMILES string of the molecule is C.C.COc1ncc(-c2ccc3ncn(C[C@H](C)C(=O)N[C@@H]4CC4(F)F)c(=O)c3c2)cc1NS(=O)(=O)c1ccc(F)cc1Cl.COc1ncc(-c2ccc3ncn(C[C@H](C)C(=O)N[C@H]4CC4(F)F)c(=O)c3c2)cc1NS(=O)(=O)c1ccc(F)cc1Cl. The molecule has 86 heavy (non-hydrogen) atoms. The molecule has 4 aromatic heterocycles. The molecule has 2 saturated carbocycles. The molecule has 0 spiro atoms. The highest BCUT2D eigenvalue weighted by Crippen LogP contribution is 2.43. The van der Waals surface area contributed by atoms with Crippen LogP contribution in [-0.2, 0) is 42.7 Å². The first-order valence-electron chi connectivity index (χ1n) is 25.0. The summed E-state index contributed by atoms with van der Waals surface area (Å²) in [5.74, 6) is -10.1. The normalized spacial score (nSPS) is 16.2. The lowest BCUT2D eigenvalue weighted by atomic mass is 10.0. The van der Waals surface area contributed by atoms with E-state index < -0.39 is 103 Å². The van der Waals surface area contributed by atoms with Crippen LogP contribution in [0.4, 0.5) is 37.7 Å². The third-order valence-corrected chi connectivity index (χ3v) is 17.1. The van der Waals surface area contributed by atoms with Gasteiger partial charge in [-0.1, -0.05) is 64.0 Å². The molecule has 0 radical (unpaired) electrons. The van der Waals surface area contributed by atoms with Crippen LogP contribution in [0.3, 0.4) is 0 Å². The van der Waals surface area contributed by atoms with Crippen molar-refractivity contribution in [3.63, 3.8) is 0 Å². The number of hydrogen-bond acceptors (Lipinski definition) is 14. The Morgan fingerprint density at radius 2 is 0.953 bits per heavy atom. The number of fused-ring (bicyclic) bond motifs is 2. The minimum absolute atomic E-state index is 0. The molecule has 2 amide bonds. The second-order valence-electron chi connectivity index (χ2n) is 19.6. The Bertz CT molecular complexity index is 4050. The lowest BCUT2D eigenvalue weighted by Crippen LogP contribution is -2.37. The average Bonchev–Trinajstić information content (AvgIpc) is 1.38. The van der Waals surface area contributed by atoms with Gasteiger partial charge in [0.05, 0.1) is 82.6 Å². The number of nitrogens with zero attached hydrogens (tertiary/aromatic N) is 6. The lowest BCUT2D eigenvalue weighted by Gasteiger charge is -2.15. The summed E-state index contributed by atoms with van der Waals surface area (Å²) in [6, 6.07) is 15.8. The zero-order valence-electron chi connectivity index (χ0n) is 44.1. The van der Waals surface area contributed by atoms with Gasteiger partial charge in [-0.05, 0) is 83.9 Å². The van der Waals surface area contributed by atoms with Crippen molar-refractivity contribution < 1.29 is 62.2 Å². The van der Waals surface area contributed by atoms with Gasteiger partial charge in [-0.2, -0.15) is 0 Å². The lowest BCUT2D eigenvalue weighted by molar-refractivity contribution is -0.126. The van der Waals surface area contributed by atoms with Crippen LogP contribution >= 0.6 is 23.2 Å². The van der Waals surface area contributed by atoms with Crippen molar-refractivity contribution in [2.45, 2.75) is 88.4 Å². The van der Waals surface area contributed by atoms with Crippen LogP contribution in [0, 0.1) is 23.5 Å². The molecule has 20 nitrogen and oxygen atoms in total. The number of carbonyl (C=O) groups excluding carboxylic acids is 2. The van der Waals surface area contributed by atoms with E-state index in [1.807, 2.05) is 0 Å². The molecule has 0 bridgehead atoms. The summed E-state index contributed by atoms with van der Waals surface area (Å²) in [7, 11) is -5.95. The van der Waals surface area contributed by atoms with Crippen LogP contribution in [-0.4, -0.2) is 95.9 Å². The van der Waals surface area contributed by atoms with E-state index in [0.29, 0.717) is 33.3 Å². The molecule has 0 aliphatic heterocycles. The van der Waals surface area contributed by atoms with Gasteiger partial charge in [0.25, 0.3) is 43.0 Å². The molecule has 4 atom stereocenters. The van der Waals surface area contributed by atoms with Gasteiger partial charge >= 0.3 is 0 Å². The first kappa shape index (κ1) is 65.2. The third-order valence-electron chi connectivity index (χ3n) is 13.4. The maximum absolute atomic E-state index is 13.5. The number of carbonyl (C=O) groups is 2. The van der Waals surface area contributed by atoms with Gasteiger partial charge in [0.1, 0.15) is 32.8 Å². The molecule has 0 saturated heterocycles. The van der Waals surface area contributed by atoms with Crippen LogP contribution in [0.2, 0.25) is 10.0 Å². The molecule has 2 fully saturated rings. The Hall–Kier alpha value is -8.34. The first-order valence-corrected chi connectivity index (χ1v) is 28.7. The van der Waals surface area contributed by atoms with Gasteiger partial charge < -0.3 is 20.1 Å². The zero-order valence-corrected chi connectivity index (χ0v) is 47.3. The number of sulfonamides is 2. The van der Waals surface area contributed by atoms with Crippen molar-refractivity contribution in [3.05, 3.63) is 152 Å². The van der Waals surface area contributed by atoms with E-state index in [1.54, 1.807) is 24.3 Å². The molecular weight excluding hydrogens is 1220 g/mol. The predicted molar refractivity (Wildman–Crippen MR) is 311 cm³/mol. The maximum atomic E-state index is 13.5. The van der Waals surface area contributed by atoms with Crippen LogP contribution in [0.1, 0.15) is 41.5 Å². The highest BCUT2D eigenvalue weighted by Gasteiger charge is 2.58. The predicted octanol–water partition coefficient (Wildman–Crippen LogP) is 9.71. The molecular formula is C56H54Cl2F6N10O10S2. The number of alkyl halides is 4. The summed E-state index contributed by atoms with van der Waals surface area (Å²) in [5, 5.41) is 4.33. The monoisotopic (exact) mass is 1270 g/mol. The highest BCUT2D eigenvalue weighted by atomic mass is 35.5. The van der Waals surface area contributed by atoms with Gasteiger partial charge in [-0.25, -0.2) is 63.1 Å². The molecule has 2 aliphatic carbocycles. The van der Waals surface area contributed by atoms with Gasteiger partial charge in [0.2, 0.25) is 23.6 Å². The number of methoxy groups -OCH3 is 2. The number of anilines is 2. The second kappa shape index (κ2) is 25.3. The number of rotatable bonds is 18. The standard InChI is InChI=1S/2C27H23ClF3N5O5S.2CH4/c2*1-14(24(37)34-23-10-27(23,30)31)12-36-13-33-20-5-3-15(7-18(20)26(36)38)16-8-21(25(41-2)32-11-16)35-42(39,40)22-6-4-17(29)9-19(22)28;;/h2*3-9,11,13-14,23,35H,10,12H2,1-2H3,(H,34,37);2*1H4/t14-,23+;14-,23-;;/m00../s1. The van der Waals surface area contributed by atoms with E-state index in [0.717, 1.165) is 36.4 Å². The molecule has 30 heteroatoms. The van der Waals surface area contributed by atoms with Crippen molar-refractivity contribution in [3.8, 4) is 34.0 Å². The Labute approximate surface area is 498 Å². The Kier molecular flexibility index (Phi) is 19.2. The smallest absolute Gasteiger partial charge is 0.270 e. The number of nitrogens with one attached hydrogen (secondary N) is 4. The largest absolute Gasteiger partial charge is 0.480 e. The van der Waals surface area contributed by atoms with Crippen molar-refractivity contribution >= 4 is 88.2 Å². The fraction of sp³-hybridized carbons (Fsp3) is 0.286. The second-order valence-corrected chi connectivity index (χ2v) is 23.8. The van der Waals surface area contributed by atoms with E-state index in [9.17, 15) is 62.4 Å². The molecule has 4 N–H and O–H groups in total. The minimum Gasteiger partial charge on any atom is -0.480 e. The Balaban J connectivity index is 0.000000240. The van der Waals surface area contributed by atoms with Gasteiger partial charge in [0, 0.05) is 49.5 Å². The minimum atomic E-state index is -4.27. The van der Waals surface area contributed by atoms with Gasteiger partial charge in [-0.15, -0.1) is 0 Å². The molecule has 8 aromatic rings. The number of ether oxygens (including phenoxy) is 2. The van der Waals surface area contributed by atoms with E-state index in [-0.39, 0.29) is 81.7 Å². The van der Waals surface area contributed by atoms with Crippen LogP contribution in [0.15, 0.2) is 129 Å². The molecule has 10 rings (SSSR count). The van der Waals surface area contributed by atoms with Crippen molar-refractivity contribution in [1.29, 1.82) is 0 Å². The highest BCUT2D eigenvalue weighted by molar-refractivity contribution is 7.93. The number of benzene rings is 4. The van der Waals surface area contributed by atoms with Crippen LogP contribution in [0.25, 0.3) is 44.1 Å². The van der Waals surface area contributed by atoms with E-state index in [4.69, 9.17) is 32.7 Å². The molecule has 4 heterocycles. The van der Waals surface area contributed by atoms with Crippen molar-refractivity contribution in [2.75, 3.05) is 23.7 Å². The van der Waals surface area contributed by atoms with E-state index in [1.165, 1.54) is 86.5 Å². The summed E-state index contributed by atoms with van der Waals surface area (Å²) in [4.78, 5) is 67.4. The summed E-state index contributed by atoms with van der Waals surface area (Å²) in [5.41, 5.74) is 1.50. The first-order chi connectivity index (χ1) is 39.6. The fourth-order valence-corrected chi connectivity index (χ4v) is 11.7. The summed E-state index contributed by atoms with van der Waals surface area (Å²) >= 11 is 11.9. The maximum Gasteiger partial charge on any atom is 0.270 e. The quantitative estimate of drug-likeness (QED) is 0.0583. The number of halogens is 8. The summed E-state index contributed by atoms with van der Waals surface area (Å²) < 4.78 is 149. The third kappa shape index (κ3) is 14.3. The number of amides is 2. The number of aromatic nitrogens is 6. The zero-order chi connectivity index (χ0) is 60.8. The van der Waals surface area contributed by atoms with Crippen molar-refractivity contribution in [2.24, 2.45) is 11.8 Å². The average molecular weight is 1280 g/mol. The summed E-state index contributed by atoms with van der Waals surface area (Å²) in [6.45, 7) is 2.87. The molecule has 456 valence electrons. The molecule has 0 unspecified atom stereocenters.